The summed E-state index contributed by atoms with van der Waals surface area (Å²) in [6.07, 6.45) is 5.74. The zero-order valence-electron chi connectivity index (χ0n) is 21.7. The largest absolute Gasteiger partial charge is 0.386 e. The van der Waals surface area contributed by atoms with Gasteiger partial charge < -0.3 is 20.4 Å². The van der Waals surface area contributed by atoms with E-state index in [1.807, 2.05) is 18.1 Å². The van der Waals surface area contributed by atoms with Crippen LogP contribution in [-0.4, -0.2) is 83.8 Å². The fourth-order valence-corrected chi connectivity index (χ4v) is 5.12. The molecular weight excluding hydrogens is 438 g/mol. The zero-order chi connectivity index (χ0) is 25.1. The number of rotatable bonds is 8. The van der Waals surface area contributed by atoms with Crippen LogP contribution >= 0.6 is 0 Å². The number of fused-ring (bicyclic) bond motifs is 1. The number of para-hydroxylation sites is 1. The third-order valence-electron chi connectivity index (χ3n) is 7.11. The number of aliphatic imine (C=N–C) groups is 1. The quantitative estimate of drug-likeness (QED) is 0.630. The fourth-order valence-electron chi connectivity index (χ4n) is 5.12. The fraction of sp³-hybridized carbons (Fsp3) is 0.519. The average Bonchev–Trinajstić information content (AvgIpc) is 3.32. The number of nitrogens with two attached hydrogens (primary N) is 1. The van der Waals surface area contributed by atoms with Gasteiger partial charge in [-0.25, -0.2) is 9.98 Å². The molecule has 0 unspecified atom stereocenters. The van der Waals surface area contributed by atoms with E-state index < -0.39 is 0 Å². The Balaban J connectivity index is 1.52. The predicted molar refractivity (Wildman–Crippen MR) is 143 cm³/mol. The van der Waals surface area contributed by atoms with Gasteiger partial charge in [0.1, 0.15) is 11.7 Å². The van der Waals surface area contributed by atoms with Gasteiger partial charge in [0.25, 0.3) is 0 Å². The summed E-state index contributed by atoms with van der Waals surface area (Å²) in [4.78, 5) is 31.0. The number of nitrogens with zero attached hydrogens (tertiary/aromatic N) is 6. The molecule has 2 N–H and O–H groups in total. The lowest BCUT2D eigenvalue weighted by atomic mass is 10.1. The van der Waals surface area contributed by atoms with Crippen molar-refractivity contribution in [3.05, 3.63) is 47.8 Å². The summed E-state index contributed by atoms with van der Waals surface area (Å²) in [5, 5.41) is 1.13. The Kier molecular flexibility index (Phi) is 7.60. The summed E-state index contributed by atoms with van der Waals surface area (Å²) >= 11 is 0. The Morgan fingerprint density at radius 3 is 2.80 bits per heavy atom. The first-order valence-corrected chi connectivity index (χ1v) is 12.6. The summed E-state index contributed by atoms with van der Waals surface area (Å²) < 4.78 is 0. The normalized spacial score (nSPS) is 18.4. The number of amidine groups is 1. The first kappa shape index (κ1) is 25.0. The minimum absolute atomic E-state index is 0.000298. The van der Waals surface area contributed by atoms with Crippen molar-refractivity contribution in [2.24, 2.45) is 10.7 Å². The summed E-state index contributed by atoms with van der Waals surface area (Å²) in [6, 6.07) is 8.89. The van der Waals surface area contributed by atoms with E-state index in [-0.39, 0.29) is 11.9 Å². The number of benzene rings is 1. The molecule has 2 aromatic rings. The van der Waals surface area contributed by atoms with Crippen LogP contribution < -0.4 is 10.6 Å². The summed E-state index contributed by atoms with van der Waals surface area (Å²) in [5.41, 5.74) is 9.26. The predicted octanol–water partition coefficient (Wildman–Crippen LogP) is 2.95. The van der Waals surface area contributed by atoms with Crippen LogP contribution in [-0.2, 0) is 11.3 Å². The average molecular weight is 478 g/mol. The van der Waals surface area contributed by atoms with E-state index in [4.69, 9.17) is 10.7 Å². The number of aryl methyl sites for hydroxylation is 1. The van der Waals surface area contributed by atoms with Gasteiger partial charge in [-0.05, 0) is 51.8 Å². The number of anilines is 1. The molecule has 3 heterocycles. The van der Waals surface area contributed by atoms with Crippen LogP contribution in [0.1, 0.15) is 37.8 Å². The minimum Gasteiger partial charge on any atom is -0.386 e. The van der Waals surface area contributed by atoms with E-state index in [0.717, 1.165) is 47.2 Å². The number of carbonyl (C=O) groups is 1. The lowest BCUT2D eigenvalue weighted by Crippen LogP contribution is -2.48. The van der Waals surface area contributed by atoms with Gasteiger partial charge in [0, 0.05) is 63.1 Å². The molecule has 188 valence electrons. The van der Waals surface area contributed by atoms with Crippen LogP contribution in [0, 0.1) is 6.92 Å². The Labute approximate surface area is 209 Å². The topological polar surface area (TPSA) is 81.3 Å². The van der Waals surface area contributed by atoms with Crippen LogP contribution in [0.3, 0.4) is 0 Å². The molecule has 0 bridgehead atoms. The minimum atomic E-state index is 0.000298. The molecule has 0 spiro atoms. The van der Waals surface area contributed by atoms with Crippen molar-refractivity contribution in [2.45, 2.75) is 52.2 Å². The van der Waals surface area contributed by atoms with E-state index in [0.29, 0.717) is 38.1 Å². The number of aromatic nitrogens is 1. The van der Waals surface area contributed by atoms with E-state index >= 15 is 0 Å². The molecule has 1 fully saturated rings. The number of likely N-dealkylation sites (N-methyl/N-ethyl adjacent to an activating group) is 2. The van der Waals surface area contributed by atoms with E-state index in [1.54, 1.807) is 6.20 Å². The molecule has 0 aliphatic carbocycles. The number of amides is 1. The van der Waals surface area contributed by atoms with Gasteiger partial charge in [-0.2, -0.15) is 0 Å². The van der Waals surface area contributed by atoms with Crippen LogP contribution in [0.15, 0.2) is 41.7 Å². The molecule has 2 aliphatic heterocycles. The van der Waals surface area contributed by atoms with Gasteiger partial charge in [-0.3, -0.25) is 9.69 Å². The molecule has 1 aromatic carbocycles. The Morgan fingerprint density at radius 1 is 1.26 bits per heavy atom. The molecule has 8 heteroatoms. The number of pyridine rings is 1. The van der Waals surface area contributed by atoms with Gasteiger partial charge >= 0.3 is 0 Å². The Bertz CT molecular complexity index is 1130. The van der Waals surface area contributed by atoms with Crippen molar-refractivity contribution in [3.63, 3.8) is 0 Å². The Hall–Kier alpha value is -3.13. The molecule has 2 aliphatic rings. The van der Waals surface area contributed by atoms with Gasteiger partial charge in [-0.1, -0.05) is 18.2 Å². The van der Waals surface area contributed by atoms with Crippen LogP contribution in [0.2, 0.25) is 0 Å². The maximum absolute atomic E-state index is 13.2. The monoisotopic (exact) mass is 477 g/mol. The highest BCUT2D eigenvalue weighted by atomic mass is 16.2. The van der Waals surface area contributed by atoms with E-state index in [2.05, 4.69) is 71.8 Å². The molecule has 4 rings (SSSR count). The molecule has 0 radical (unpaired) electrons. The van der Waals surface area contributed by atoms with Crippen molar-refractivity contribution < 1.29 is 4.79 Å². The zero-order valence-corrected chi connectivity index (χ0v) is 21.7. The molecule has 0 saturated carbocycles. The summed E-state index contributed by atoms with van der Waals surface area (Å²) in [6.45, 7) is 10.1. The molecule has 1 atom stereocenters. The maximum atomic E-state index is 13.2. The van der Waals surface area contributed by atoms with Crippen molar-refractivity contribution >= 4 is 28.5 Å². The Morgan fingerprint density at radius 2 is 2.06 bits per heavy atom. The molecule has 35 heavy (non-hydrogen) atoms. The van der Waals surface area contributed by atoms with Gasteiger partial charge in [0.2, 0.25) is 5.91 Å². The third-order valence-corrected chi connectivity index (χ3v) is 7.11. The summed E-state index contributed by atoms with van der Waals surface area (Å²) in [5.74, 6) is 1.77. The van der Waals surface area contributed by atoms with Crippen molar-refractivity contribution in [1.82, 2.24) is 19.7 Å². The third kappa shape index (κ3) is 5.59. The number of hydrogen-bond acceptors (Lipinski definition) is 7. The second kappa shape index (κ2) is 10.6. The van der Waals surface area contributed by atoms with Gasteiger partial charge in [0.15, 0.2) is 0 Å². The molecule has 1 aromatic heterocycles. The number of likely N-dealkylation sites (tertiary alicyclic amines) is 1. The lowest BCUT2D eigenvalue weighted by Gasteiger charge is -2.32. The first-order chi connectivity index (χ1) is 16.7. The second-order valence-corrected chi connectivity index (χ2v) is 10.1. The van der Waals surface area contributed by atoms with Crippen LogP contribution in [0.25, 0.3) is 10.9 Å². The van der Waals surface area contributed by atoms with Gasteiger partial charge in [0.05, 0.1) is 18.1 Å². The lowest BCUT2D eigenvalue weighted by molar-refractivity contribution is -0.135. The van der Waals surface area contributed by atoms with Gasteiger partial charge in [-0.15, -0.1) is 0 Å². The smallest absolute Gasteiger partial charge is 0.239 e. The highest BCUT2D eigenvalue weighted by Gasteiger charge is 2.33. The molecule has 1 saturated heterocycles. The van der Waals surface area contributed by atoms with Crippen molar-refractivity contribution in [2.75, 3.05) is 45.2 Å². The van der Waals surface area contributed by atoms with Crippen LogP contribution in [0.4, 0.5) is 5.82 Å². The highest BCUT2D eigenvalue weighted by Crippen LogP contribution is 2.27. The molecule has 8 nitrogen and oxygen atoms in total. The number of carbonyl (C=O) groups excluding carboxylic acids is 1. The second-order valence-electron chi connectivity index (χ2n) is 10.1. The van der Waals surface area contributed by atoms with Crippen molar-refractivity contribution in [3.8, 4) is 0 Å². The summed E-state index contributed by atoms with van der Waals surface area (Å²) in [7, 11) is 3.98. The molecule has 1 amide bonds. The first-order valence-electron chi connectivity index (χ1n) is 12.6. The SMILES string of the molecule is Cc1cccc2cc(CN3C=CN=C(N)C3)c(N(C)CCN(C)C(=O)[C@H]3CCCN3C(C)C)nc12. The van der Waals surface area contributed by atoms with E-state index in [9.17, 15) is 4.79 Å². The highest BCUT2D eigenvalue weighted by molar-refractivity contribution is 5.85. The number of hydrogen-bond donors (Lipinski definition) is 1. The van der Waals surface area contributed by atoms with Crippen molar-refractivity contribution in [1.29, 1.82) is 0 Å². The van der Waals surface area contributed by atoms with E-state index in [1.165, 1.54) is 0 Å². The van der Waals surface area contributed by atoms with Crippen LogP contribution in [0.5, 0.6) is 0 Å². The standard InChI is InChI=1S/C27H39N7O/c1-19(2)34-12-7-10-23(34)27(35)32(5)15-14-31(4)26-22(17-33-13-11-29-24(28)18-33)16-21-9-6-8-20(3)25(21)30-26/h6,8-9,11,13,16,19,23H,7,10,12,14-15,17-18H2,1-5H3,(H2,28,29)/t23-/m1/s1. The molecular formula is C27H39N7O. The maximum Gasteiger partial charge on any atom is 0.239 e.